The van der Waals surface area contributed by atoms with Crippen molar-refractivity contribution in [2.24, 2.45) is 5.92 Å². The number of hydrogen-bond acceptors (Lipinski definition) is 4. The first kappa shape index (κ1) is 17.3. The molecule has 0 radical (unpaired) electrons. The molecule has 0 aliphatic rings. The van der Waals surface area contributed by atoms with Crippen LogP contribution in [0.25, 0.3) is 0 Å². The second-order valence-corrected chi connectivity index (χ2v) is 5.20. The van der Waals surface area contributed by atoms with Crippen molar-refractivity contribution < 1.29 is 14.3 Å². The van der Waals surface area contributed by atoms with Gasteiger partial charge in [-0.1, -0.05) is 26.0 Å². The number of rotatable bonds is 10. The zero-order valence-electron chi connectivity index (χ0n) is 13.1. The molecule has 0 saturated heterocycles. The lowest BCUT2D eigenvalue weighted by Gasteiger charge is -2.11. The summed E-state index contributed by atoms with van der Waals surface area (Å²) in [7, 11) is 1.62. The van der Waals surface area contributed by atoms with Crippen LogP contribution in [0.2, 0.25) is 0 Å². The van der Waals surface area contributed by atoms with Crippen LogP contribution < -0.4 is 20.1 Å². The highest BCUT2D eigenvalue weighted by Crippen LogP contribution is 2.25. The molecule has 5 nitrogen and oxygen atoms in total. The Morgan fingerprint density at radius 1 is 1.19 bits per heavy atom. The molecule has 0 aliphatic heterocycles. The predicted octanol–water partition coefficient (Wildman–Crippen LogP) is 1.83. The summed E-state index contributed by atoms with van der Waals surface area (Å²) in [6, 6.07) is 7.55. The van der Waals surface area contributed by atoms with E-state index in [9.17, 15) is 4.79 Å². The van der Waals surface area contributed by atoms with E-state index in [4.69, 9.17) is 9.47 Å². The van der Waals surface area contributed by atoms with Crippen LogP contribution in [0.1, 0.15) is 20.3 Å². The van der Waals surface area contributed by atoms with E-state index in [0.29, 0.717) is 32.0 Å². The van der Waals surface area contributed by atoms with Crippen LogP contribution in [0.15, 0.2) is 24.3 Å². The molecule has 0 aliphatic carbocycles. The smallest absolute Gasteiger partial charge is 0.221 e. The van der Waals surface area contributed by atoms with Gasteiger partial charge in [-0.05, 0) is 18.1 Å². The molecular weight excluding hydrogens is 268 g/mol. The fourth-order valence-corrected chi connectivity index (χ4v) is 1.70. The fourth-order valence-electron chi connectivity index (χ4n) is 1.70. The average Bonchev–Trinajstić information content (AvgIpc) is 2.49. The highest BCUT2D eigenvalue weighted by molar-refractivity contribution is 5.76. The molecule has 2 N–H and O–H groups in total. The number of benzene rings is 1. The molecule has 21 heavy (non-hydrogen) atoms. The lowest BCUT2D eigenvalue weighted by Crippen LogP contribution is -2.31. The molecule has 0 aromatic heterocycles. The van der Waals surface area contributed by atoms with Crippen molar-refractivity contribution in [3.63, 3.8) is 0 Å². The van der Waals surface area contributed by atoms with E-state index < -0.39 is 0 Å². The number of amides is 1. The highest BCUT2D eigenvalue weighted by atomic mass is 16.5. The van der Waals surface area contributed by atoms with Crippen molar-refractivity contribution in [3.8, 4) is 11.5 Å². The lowest BCUT2D eigenvalue weighted by molar-refractivity contribution is -0.121. The van der Waals surface area contributed by atoms with Crippen molar-refractivity contribution >= 4 is 5.91 Å². The molecule has 5 heteroatoms. The number of ether oxygens (including phenoxy) is 2. The maximum Gasteiger partial charge on any atom is 0.221 e. The average molecular weight is 294 g/mol. The second kappa shape index (κ2) is 10.0. The maximum absolute atomic E-state index is 11.5. The molecule has 0 fully saturated rings. The molecule has 1 aromatic carbocycles. The number of hydrogen-bond donors (Lipinski definition) is 2. The minimum atomic E-state index is 0.0850. The van der Waals surface area contributed by atoms with Crippen LogP contribution in [0.3, 0.4) is 0 Å². The van der Waals surface area contributed by atoms with Crippen molar-refractivity contribution in [2.75, 3.05) is 33.4 Å². The van der Waals surface area contributed by atoms with Gasteiger partial charge in [0, 0.05) is 26.1 Å². The van der Waals surface area contributed by atoms with Crippen molar-refractivity contribution in [2.45, 2.75) is 20.3 Å². The summed E-state index contributed by atoms with van der Waals surface area (Å²) in [5, 5.41) is 6.07. The van der Waals surface area contributed by atoms with Gasteiger partial charge in [0.2, 0.25) is 5.91 Å². The largest absolute Gasteiger partial charge is 0.493 e. The first-order valence-corrected chi connectivity index (χ1v) is 7.36. The van der Waals surface area contributed by atoms with Crippen LogP contribution in [0.4, 0.5) is 0 Å². The zero-order valence-corrected chi connectivity index (χ0v) is 13.1. The summed E-state index contributed by atoms with van der Waals surface area (Å²) < 4.78 is 10.8. The van der Waals surface area contributed by atoms with E-state index in [1.165, 1.54) is 0 Å². The Kier molecular flexibility index (Phi) is 8.28. The van der Waals surface area contributed by atoms with E-state index >= 15 is 0 Å². The molecule has 118 valence electrons. The minimum absolute atomic E-state index is 0.0850. The summed E-state index contributed by atoms with van der Waals surface area (Å²) in [5.74, 6) is 2.03. The molecular formula is C16H26N2O3. The SMILES string of the molecule is COc1ccccc1OCCNCCC(=O)NCC(C)C. The van der Waals surface area contributed by atoms with E-state index in [2.05, 4.69) is 24.5 Å². The van der Waals surface area contributed by atoms with Gasteiger partial charge in [-0.3, -0.25) is 4.79 Å². The molecule has 0 heterocycles. The van der Waals surface area contributed by atoms with Crippen LogP contribution >= 0.6 is 0 Å². The lowest BCUT2D eigenvalue weighted by atomic mass is 10.2. The molecule has 0 unspecified atom stereocenters. The summed E-state index contributed by atoms with van der Waals surface area (Å²) in [5.41, 5.74) is 0. The maximum atomic E-state index is 11.5. The Morgan fingerprint density at radius 2 is 1.90 bits per heavy atom. The number of nitrogens with one attached hydrogen (secondary N) is 2. The quantitative estimate of drug-likeness (QED) is 0.646. The van der Waals surface area contributed by atoms with Crippen molar-refractivity contribution in [1.82, 2.24) is 10.6 Å². The summed E-state index contributed by atoms with van der Waals surface area (Å²) in [6.07, 6.45) is 0.487. The number of methoxy groups -OCH3 is 1. The Hall–Kier alpha value is -1.75. The van der Waals surface area contributed by atoms with Crippen LogP contribution in [-0.2, 0) is 4.79 Å². The third-order valence-corrected chi connectivity index (χ3v) is 2.84. The minimum Gasteiger partial charge on any atom is -0.493 e. The van der Waals surface area contributed by atoms with Gasteiger partial charge in [0.1, 0.15) is 6.61 Å². The van der Waals surface area contributed by atoms with Gasteiger partial charge < -0.3 is 20.1 Å². The molecule has 1 rings (SSSR count). The van der Waals surface area contributed by atoms with Crippen LogP contribution in [-0.4, -0.2) is 39.3 Å². The first-order chi connectivity index (χ1) is 10.1. The van der Waals surface area contributed by atoms with Gasteiger partial charge in [-0.25, -0.2) is 0 Å². The van der Waals surface area contributed by atoms with Gasteiger partial charge in [0.25, 0.3) is 0 Å². The van der Waals surface area contributed by atoms with Gasteiger partial charge in [-0.15, -0.1) is 0 Å². The Balaban J connectivity index is 2.08. The van der Waals surface area contributed by atoms with Crippen LogP contribution in [0, 0.1) is 5.92 Å². The number of para-hydroxylation sites is 2. The number of carbonyl (C=O) groups is 1. The van der Waals surface area contributed by atoms with Gasteiger partial charge in [0.05, 0.1) is 7.11 Å². The molecule has 1 aromatic rings. The Labute approximate surface area is 127 Å². The topological polar surface area (TPSA) is 59.6 Å². The summed E-state index contributed by atoms with van der Waals surface area (Å²) in [6.45, 7) is 6.76. The second-order valence-electron chi connectivity index (χ2n) is 5.20. The van der Waals surface area contributed by atoms with Crippen molar-refractivity contribution in [3.05, 3.63) is 24.3 Å². The standard InChI is InChI=1S/C16H26N2O3/c1-13(2)12-18-16(19)8-9-17-10-11-21-15-7-5-4-6-14(15)20-3/h4-7,13,17H,8-12H2,1-3H3,(H,18,19). The van der Waals surface area contributed by atoms with E-state index in [-0.39, 0.29) is 5.91 Å². The molecule has 0 atom stereocenters. The fraction of sp³-hybridized carbons (Fsp3) is 0.562. The van der Waals surface area contributed by atoms with Crippen LogP contribution in [0.5, 0.6) is 11.5 Å². The Morgan fingerprint density at radius 3 is 2.57 bits per heavy atom. The van der Waals surface area contributed by atoms with E-state index in [1.54, 1.807) is 7.11 Å². The molecule has 0 saturated carbocycles. The predicted molar refractivity (Wildman–Crippen MR) is 83.8 cm³/mol. The zero-order chi connectivity index (χ0) is 15.5. The molecule has 0 spiro atoms. The Bertz CT molecular complexity index is 422. The third-order valence-electron chi connectivity index (χ3n) is 2.84. The molecule has 0 bridgehead atoms. The monoisotopic (exact) mass is 294 g/mol. The third kappa shape index (κ3) is 7.56. The van der Waals surface area contributed by atoms with E-state index in [0.717, 1.165) is 18.0 Å². The van der Waals surface area contributed by atoms with Gasteiger partial charge in [0.15, 0.2) is 11.5 Å². The van der Waals surface area contributed by atoms with Gasteiger partial charge >= 0.3 is 0 Å². The van der Waals surface area contributed by atoms with Crippen molar-refractivity contribution in [1.29, 1.82) is 0 Å². The highest BCUT2D eigenvalue weighted by Gasteiger charge is 2.03. The normalized spacial score (nSPS) is 10.5. The van der Waals surface area contributed by atoms with E-state index in [1.807, 2.05) is 24.3 Å². The number of carbonyl (C=O) groups excluding carboxylic acids is 1. The molecule has 1 amide bonds. The summed E-state index contributed by atoms with van der Waals surface area (Å²) >= 11 is 0. The summed E-state index contributed by atoms with van der Waals surface area (Å²) in [4.78, 5) is 11.5. The first-order valence-electron chi connectivity index (χ1n) is 7.36. The van der Waals surface area contributed by atoms with Gasteiger partial charge in [-0.2, -0.15) is 0 Å².